The summed E-state index contributed by atoms with van der Waals surface area (Å²) in [4.78, 5) is 22.8. The average molecular weight is 320 g/mol. The highest BCUT2D eigenvalue weighted by Crippen LogP contribution is 2.09. The van der Waals surface area contributed by atoms with Crippen LogP contribution in [0.5, 0.6) is 0 Å². The van der Waals surface area contributed by atoms with Gasteiger partial charge in [0.1, 0.15) is 18.8 Å². The summed E-state index contributed by atoms with van der Waals surface area (Å²) in [7, 11) is 0. The maximum atomic E-state index is 11.7. The SMILES string of the molecule is CCOC(=O)CNC(=O)Cn1cc(COCC2C=CC=C2)nn1. The highest BCUT2D eigenvalue weighted by molar-refractivity contribution is 5.81. The summed E-state index contributed by atoms with van der Waals surface area (Å²) in [6.45, 7) is 2.74. The molecule has 1 aromatic rings. The van der Waals surface area contributed by atoms with Crippen LogP contribution < -0.4 is 5.32 Å². The molecule has 0 spiro atoms. The van der Waals surface area contributed by atoms with Crippen LogP contribution in [0.3, 0.4) is 0 Å². The highest BCUT2D eigenvalue weighted by Gasteiger charge is 2.09. The Morgan fingerprint density at radius 3 is 2.87 bits per heavy atom. The second-order valence-electron chi connectivity index (χ2n) is 4.94. The Labute approximate surface area is 134 Å². The molecule has 0 saturated carbocycles. The van der Waals surface area contributed by atoms with E-state index in [1.165, 1.54) is 4.68 Å². The van der Waals surface area contributed by atoms with Crippen molar-refractivity contribution < 1.29 is 19.1 Å². The van der Waals surface area contributed by atoms with Gasteiger partial charge in [-0.05, 0) is 6.92 Å². The number of carbonyl (C=O) groups is 2. The Morgan fingerprint density at radius 1 is 1.35 bits per heavy atom. The van der Waals surface area contributed by atoms with Crippen LogP contribution in [0.1, 0.15) is 12.6 Å². The molecule has 8 heteroatoms. The number of hydrogen-bond donors (Lipinski definition) is 1. The quantitative estimate of drug-likeness (QED) is 0.654. The minimum Gasteiger partial charge on any atom is -0.465 e. The Balaban J connectivity index is 1.67. The zero-order chi connectivity index (χ0) is 16.5. The van der Waals surface area contributed by atoms with Crippen LogP contribution in [0, 0.1) is 5.92 Å². The number of allylic oxidation sites excluding steroid dienone is 2. The minimum absolute atomic E-state index is 0.0134. The van der Waals surface area contributed by atoms with Crippen molar-refractivity contribution >= 4 is 11.9 Å². The number of rotatable bonds is 9. The summed E-state index contributed by atoms with van der Waals surface area (Å²) in [5, 5.41) is 10.2. The summed E-state index contributed by atoms with van der Waals surface area (Å²) < 4.78 is 11.7. The lowest BCUT2D eigenvalue weighted by atomic mass is 10.2. The molecule has 0 bridgehead atoms. The van der Waals surface area contributed by atoms with Crippen molar-refractivity contribution in [3.8, 4) is 0 Å². The van der Waals surface area contributed by atoms with Crippen molar-refractivity contribution in [3.63, 3.8) is 0 Å². The van der Waals surface area contributed by atoms with Gasteiger partial charge in [0.05, 0.1) is 26.0 Å². The van der Waals surface area contributed by atoms with E-state index in [9.17, 15) is 9.59 Å². The van der Waals surface area contributed by atoms with Gasteiger partial charge in [-0.15, -0.1) is 5.10 Å². The maximum absolute atomic E-state index is 11.7. The molecule has 124 valence electrons. The first-order valence-electron chi connectivity index (χ1n) is 7.41. The molecule has 1 aliphatic carbocycles. The first-order valence-corrected chi connectivity index (χ1v) is 7.41. The number of amides is 1. The molecule has 1 amide bonds. The molecule has 0 aromatic carbocycles. The van der Waals surface area contributed by atoms with Crippen molar-refractivity contribution in [2.45, 2.75) is 20.1 Å². The number of carbonyl (C=O) groups excluding carboxylic acids is 2. The van der Waals surface area contributed by atoms with Crippen molar-refractivity contribution in [3.05, 3.63) is 36.2 Å². The molecule has 0 fully saturated rings. The van der Waals surface area contributed by atoms with E-state index in [1.54, 1.807) is 13.1 Å². The highest BCUT2D eigenvalue weighted by atomic mass is 16.5. The van der Waals surface area contributed by atoms with Gasteiger partial charge in [-0.25, -0.2) is 4.68 Å². The monoisotopic (exact) mass is 320 g/mol. The molecule has 23 heavy (non-hydrogen) atoms. The predicted octanol–water partition coefficient (Wildman–Crippen LogP) is 0.216. The van der Waals surface area contributed by atoms with Crippen LogP contribution in [-0.2, 0) is 32.2 Å². The van der Waals surface area contributed by atoms with Gasteiger partial charge in [0.15, 0.2) is 0 Å². The largest absolute Gasteiger partial charge is 0.465 e. The van der Waals surface area contributed by atoms with Crippen molar-refractivity contribution in [1.82, 2.24) is 20.3 Å². The van der Waals surface area contributed by atoms with Crippen LogP contribution in [0.15, 0.2) is 30.5 Å². The zero-order valence-electron chi connectivity index (χ0n) is 13.0. The number of nitrogens with one attached hydrogen (secondary N) is 1. The van der Waals surface area contributed by atoms with E-state index in [4.69, 9.17) is 9.47 Å². The van der Waals surface area contributed by atoms with Crippen molar-refractivity contribution in [1.29, 1.82) is 0 Å². The van der Waals surface area contributed by atoms with E-state index in [0.29, 0.717) is 24.8 Å². The van der Waals surface area contributed by atoms with Crippen LogP contribution in [0.2, 0.25) is 0 Å². The van der Waals surface area contributed by atoms with Gasteiger partial charge in [-0.1, -0.05) is 29.5 Å². The molecule has 1 N–H and O–H groups in total. The van der Waals surface area contributed by atoms with Crippen molar-refractivity contribution in [2.24, 2.45) is 5.92 Å². The lowest BCUT2D eigenvalue weighted by Gasteiger charge is -2.05. The Kier molecular flexibility index (Phi) is 6.49. The average Bonchev–Trinajstić information content (AvgIpc) is 3.18. The second kappa shape index (κ2) is 8.84. The normalized spacial score (nSPS) is 13.4. The molecule has 2 rings (SSSR count). The van der Waals surface area contributed by atoms with Gasteiger partial charge in [0, 0.05) is 5.92 Å². The molecule has 0 saturated heterocycles. The van der Waals surface area contributed by atoms with E-state index in [1.807, 2.05) is 12.2 Å². The van der Waals surface area contributed by atoms with Gasteiger partial charge >= 0.3 is 5.97 Å². The summed E-state index contributed by atoms with van der Waals surface area (Å²) in [6.07, 6.45) is 9.73. The number of ether oxygens (including phenoxy) is 2. The molecule has 0 unspecified atom stereocenters. The topological polar surface area (TPSA) is 95.3 Å². The summed E-state index contributed by atoms with van der Waals surface area (Å²) >= 11 is 0. The molecular formula is C15H20N4O4. The third-order valence-electron chi connectivity index (χ3n) is 3.01. The zero-order valence-corrected chi connectivity index (χ0v) is 13.0. The van der Waals surface area contributed by atoms with Gasteiger partial charge in [-0.3, -0.25) is 9.59 Å². The van der Waals surface area contributed by atoms with Crippen LogP contribution in [-0.4, -0.2) is 46.6 Å². The smallest absolute Gasteiger partial charge is 0.325 e. The maximum Gasteiger partial charge on any atom is 0.325 e. The van der Waals surface area contributed by atoms with E-state index >= 15 is 0 Å². The standard InChI is InChI=1S/C15H20N4O4/c1-2-23-15(21)7-16-14(20)9-19-8-13(17-18-19)11-22-10-12-5-3-4-6-12/h3-6,8,12H,2,7,9-11H2,1H3,(H,16,20). The molecule has 1 aromatic heterocycles. The molecule has 1 aliphatic rings. The fourth-order valence-electron chi connectivity index (χ4n) is 1.96. The molecule has 0 atom stereocenters. The second-order valence-corrected chi connectivity index (χ2v) is 4.94. The molecule has 0 aliphatic heterocycles. The summed E-state index contributed by atoms with van der Waals surface area (Å²) in [6, 6.07) is 0. The van der Waals surface area contributed by atoms with Crippen LogP contribution >= 0.6 is 0 Å². The first-order chi connectivity index (χ1) is 11.2. The third-order valence-corrected chi connectivity index (χ3v) is 3.01. The van der Waals surface area contributed by atoms with Crippen molar-refractivity contribution in [2.75, 3.05) is 19.8 Å². The fourth-order valence-corrected chi connectivity index (χ4v) is 1.96. The first kappa shape index (κ1) is 16.9. The number of hydrogen-bond acceptors (Lipinski definition) is 6. The molecule has 0 radical (unpaired) electrons. The number of nitrogens with zero attached hydrogens (tertiary/aromatic N) is 3. The van der Waals surface area contributed by atoms with Crippen LogP contribution in [0.25, 0.3) is 0 Å². The molecular weight excluding hydrogens is 300 g/mol. The Hall–Kier alpha value is -2.48. The number of aromatic nitrogens is 3. The van der Waals surface area contributed by atoms with Gasteiger partial charge < -0.3 is 14.8 Å². The molecule has 1 heterocycles. The Bertz CT molecular complexity index is 582. The lowest BCUT2D eigenvalue weighted by molar-refractivity contribution is -0.143. The minimum atomic E-state index is -0.469. The fraction of sp³-hybridized carbons (Fsp3) is 0.467. The van der Waals surface area contributed by atoms with Crippen LogP contribution in [0.4, 0.5) is 0 Å². The van der Waals surface area contributed by atoms with E-state index < -0.39 is 5.97 Å². The summed E-state index contributed by atoms with van der Waals surface area (Å²) in [5.41, 5.74) is 0.647. The molecule has 8 nitrogen and oxygen atoms in total. The van der Waals surface area contributed by atoms with Gasteiger partial charge in [-0.2, -0.15) is 0 Å². The van der Waals surface area contributed by atoms with E-state index in [0.717, 1.165) is 0 Å². The van der Waals surface area contributed by atoms with E-state index in [2.05, 4.69) is 27.8 Å². The Morgan fingerprint density at radius 2 is 2.13 bits per heavy atom. The third kappa shape index (κ3) is 6.03. The number of esters is 1. The summed E-state index contributed by atoms with van der Waals surface area (Å²) in [5.74, 6) is -0.501. The van der Waals surface area contributed by atoms with Gasteiger partial charge in [0.25, 0.3) is 0 Å². The lowest BCUT2D eigenvalue weighted by Crippen LogP contribution is -2.33. The van der Waals surface area contributed by atoms with Gasteiger partial charge in [0.2, 0.25) is 5.91 Å². The van der Waals surface area contributed by atoms with E-state index in [-0.39, 0.29) is 25.6 Å². The predicted molar refractivity (Wildman–Crippen MR) is 81.1 cm³/mol.